The first-order valence-electron chi connectivity index (χ1n) is 4.33. The fourth-order valence-electron chi connectivity index (χ4n) is 1.17. The van der Waals surface area contributed by atoms with Gasteiger partial charge in [-0.1, -0.05) is 6.07 Å². The molecule has 1 aromatic rings. The zero-order valence-corrected chi connectivity index (χ0v) is 8.20. The van der Waals surface area contributed by atoms with Crippen LogP contribution in [0.4, 0.5) is 4.39 Å². The first-order chi connectivity index (χ1) is 6.56. The van der Waals surface area contributed by atoms with Crippen LogP contribution >= 0.6 is 0 Å². The summed E-state index contributed by atoms with van der Waals surface area (Å²) in [6.45, 7) is 1.52. The van der Waals surface area contributed by atoms with E-state index < -0.39 is 18.0 Å². The number of benzene rings is 1. The summed E-state index contributed by atoms with van der Waals surface area (Å²) in [5.41, 5.74) is 5.89. The molecular weight excluding hydrogens is 185 g/mol. The van der Waals surface area contributed by atoms with Crippen LogP contribution < -0.4 is 10.5 Å². The van der Waals surface area contributed by atoms with E-state index in [1.807, 2.05) is 0 Å². The maximum Gasteiger partial charge on any atom is 0.131 e. The average molecular weight is 199 g/mol. The van der Waals surface area contributed by atoms with Crippen LogP contribution in [0.1, 0.15) is 18.5 Å². The van der Waals surface area contributed by atoms with Gasteiger partial charge in [-0.3, -0.25) is 0 Å². The largest absolute Gasteiger partial charge is 0.497 e. The molecule has 1 aromatic carbocycles. The Kier molecular flexibility index (Phi) is 3.43. The van der Waals surface area contributed by atoms with Crippen LogP contribution in [0.25, 0.3) is 0 Å². The van der Waals surface area contributed by atoms with E-state index in [1.54, 1.807) is 6.07 Å². The summed E-state index contributed by atoms with van der Waals surface area (Å²) >= 11 is 0. The molecule has 0 radical (unpaired) electrons. The number of ether oxygens (including phenoxy) is 1. The first kappa shape index (κ1) is 10.9. The Labute approximate surface area is 82.3 Å². The molecule has 3 nitrogen and oxygen atoms in total. The quantitative estimate of drug-likeness (QED) is 0.769. The summed E-state index contributed by atoms with van der Waals surface area (Å²) in [6, 6.07) is 3.67. The van der Waals surface area contributed by atoms with E-state index in [9.17, 15) is 9.50 Å². The summed E-state index contributed by atoms with van der Waals surface area (Å²) < 4.78 is 18.2. The van der Waals surface area contributed by atoms with Crippen molar-refractivity contribution in [3.05, 3.63) is 29.6 Å². The summed E-state index contributed by atoms with van der Waals surface area (Å²) in [5.74, 6) is -0.0261. The lowest BCUT2D eigenvalue weighted by molar-refractivity contribution is 0.162. The van der Waals surface area contributed by atoms with Crippen molar-refractivity contribution in [2.75, 3.05) is 7.11 Å². The second-order valence-electron chi connectivity index (χ2n) is 3.15. The van der Waals surface area contributed by atoms with Crippen molar-refractivity contribution in [2.24, 2.45) is 5.73 Å². The minimum Gasteiger partial charge on any atom is -0.497 e. The molecule has 2 atom stereocenters. The van der Waals surface area contributed by atoms with Crippen LogP contribution in [0, 0.1) is 5.82 Å². The second-order valence-corrected chi connectivity index (χ2v) is 3.15. The van der Waals surface area contributed by atoms with Crippen molar-refractivity contribution in [3.63, 3.8) is 0 Å². The standard InChI is InChI=1S/C10H14FNO2/c1-6(13)10(12)8-4-3-7(14-2)5-9(8)11/h3-6,10,13H,12H2,1-2H3/t6-,10-/m1/s1. The van der Waals surface area contributed by atoms with E-state index in [-0.39, 0.29) is 0 Å². The van der Waals surface area contributed by atoms with Crippen molar-refractivity contribution in [3.8, 4) is 5.75 Å². The van der Waals surface area contributed by atoms with Crippen molar-refractivity contribution >= 4 is 0 Å². The maximum absolute atomic E-state index is 13.4. The highest BCUT2D eigenvalue weighted by Crippen LogP contribution is 2.22. The molecule has 78 valence electrons. The number of hydrogen-bond acceptors (Lipinski definition) is 3. The molecule has 3 N–H and O–H groups in total. The Morgan fingerprint density at radius 1 is 1.50 bits per heavy atom. The van der Waals surface area contributed by atoms with E-state index in [4.69, 9.17) is 10.5 Å². The molecule has 0 fully saturated rings. The summed E-state index contributed by atoms with van der Waals surface area (Å²) in [4.78, 5) is 0. The Morgan fingerprint density at radius 3 is 2.57 bits per heavy atom. The fraction of sp³-hybridized carbons (Fsp3) is 0.400. The average Bonchev–Trinajstić information content (AvgIpc) is 2.16. The monoisotopic (exact) mass is 199 g/mol. The van der Waals surface area contributed by atoms with Gasteiger partial charge in [-0.05, 0) is 13.0 Å². The lowest BCUT2D eigenvalue weighted by atomic mass is 10.0. The molecule has 0 saturated heterocycles. The molecule has 1 rings (SSSR count). The van der Waals surface area contributed by atoms with E-state index >= 15 is 0 Å². The van der Waals surface area contributed by atoms with Crippen LogP contribution in [-0.2, 0) is 0 Å². The van der Waals surface area contributed by atoms with Gasteiger partial charge in [0, 0.05) is 11.6 Å². The van der Waals surface area contributed by atoms with Gasteiger partial charge in [0.25, 0.3) is 0 Å². The summed E-state index contributed by atoms with van der Waals surface area (Å²) in [5, 5.41) is 9.20. The van der Waals surface area contributed by atoms with Gasteiger partial charge in [-0.25, -0.2) is 4.39 Å². The molecule has 0 amide bonds. The second kappa shape index (κ2) is 4.39. The van der Waals surface area contributed by atoms with Gasteiger partial charge in [-0.15, -0.1) is 0 Å². The molecule has 0 bridgehead atoms. The van der Waals surface area contributed by atoms with Gasteiger partial charge < -0.3 is 15.6 Å². The highest BCUT2D eigenvalue weighted by Gasteiger charge is 2.16. The van der Waals surface area contributed by atoms with Gasteiger partial charge in [0.15, 0.2) is 0 Å². The molecule has 0 unspecified atom stereocenters. The number of aliphatic hydroxyl groups is 1. The zero-order valence-electron chi connectivity index (χ0n) is 8.20. The molecule has 0 heterocycles. The Balaban J connectivity index is 2.99. The summed E-state index contributed by atoms with van der Waals surface area (Å²) in [7, 11) is 1.46. The minimum absolute atomic E-state index is 0.292. The van der Waals surface area contributed by atoms with Gasteiger partial charge in [0.05, 0.1) is 19.3 Å². The SMILES string of the molecule is COc1ccc([C@H](N)[C@@H](C)O)c(F)c1. The van der Waals surface area contributed by atoms with Gasteiger partial charge in [0.1, 0.15) is 11.6 Å². The van der Waals surface area contributed by atoms with Crippen LogP contribution in [0.3, 0.4) is 0 Å². The van der Waals surface area contributed by atoms with Crippen molar-refractivity contribution in [1.82, 2.24) is 0 Å². The topological polar surface area (TPSA) is 55.5 Å². The van der Waals surface area contributed by atoms with Crippen molar-refractivity contribution in [1.29, 1.82) is 0 Å². The predicted octanol–water partition coefficient (Wildman–Crippen LogP) is 1.21. The Morgan fingerprint density at radius 2 is 2.14 bits per heavy atom. The number of aliphatic hydroxyl groups excluding tert-OH is 1. The lowest BCUT2D eigenvalue weighted by Gasteiger charge is -2.16. The molecule has 0 aromatic heterocycles. The van der Waals surface area contributed by atoms with Crippen LogP contribution in [-0.4, -0.2) is 18.3 Å². The minimum atomic E-state index is -0.780. The zero-order chi connectivity index (χ0) is 10.7. The Hall–Kier alpha value is -1.13. The molecule has 14 heavy (non-hydrogen) atoms. The number of nitrogens with two attached hydrogens (primary N) is 1. The highest BCUT2D eigenvalue weighted by atomic mass is 19.1. The van der Waals surface area contributed by atoms with Gasteiger partial charge >= 0.3 is 0 Å². The molecule has 0 aliphatic carbocycles. The van der Waals surface area contributed by atoms with E-state index in [0.717, 1.165) is 0 Å². The molecular formula is C10H14FNO2. The predicted molar refractivity (Wildman–Crippen MR) is 51.6 cm³/mol. The van der Waals surface area contributed by atoms with Crippen molar-refractivity contribution in [2.45, 2.75) is 19.1 Å². The van der Waals surface area contributed by atoms with Crippen molar-refractivity contribution < 1.29 is 14.2 Å². The van der Waals surface area contributed by atoms with E-state index in [1.165, 1.54) is 26.2 Å². The summed E-state index contributed by atoms with van der Waals surface area (Å²) in [6.07, 6.45) is -0.780. The number of rotatable bonds is 3. The van der Waals surface area contributed by atoms with Crippen LogP contribution in [0.2, 0.25) is 0 Å². The molecule has 4 heteroatoms. The van der Waals surface area contributed by atoms with Crippen LogP contribution in [0.5, 0.6) is 5.75 Å². The molecule has 0 spiro atoms. The normalized spacial score (nSPS) is 14.9. The molecule has 0 saturated carbocycles. The van der Waals surface area contributed by atoms with Crippen LogP contribution in [0.15, 0.2) is 18.2 Å². The molecule has 0 aliphatic rings. The maximum atomic E-state index is 13.4. The lowest BCUT2D eigenvalue weighted by Crippen LogP contribution is -2.24. The molecule has 0 aliphatic heterocycles. The number of hydrogen-bond donors (Lipinski definition) is 2. The van der Waals surface area contributed by atoms with Gasteiger partial charge in [0.2, 0.25) is 0 Å². The van der Waals surface area contributed by atoms with E-state index in [0.29, 0.717) is 11.3 Å². The third-order valence-corrected chi connectivity index (χ3v) is 2.09. The van der Waals surface area contributed by atoms with Gasteiger partial charge in [-0.2, -0.15) is 0 Å². The first-order valence-corrected chi connectivity index (χ1v) is 4.33. The van der Waals surface area contributed by atoms with E-state index in [2.05, 4.69) is 0 Å². The smallest absolute Gasteiger partial charge is 0.131 e. The third kappa shape index (κ3) is 2.21. The number of halogens is 1. The third-order valence-electron chi connectivity index (χ3n) is 2.09. The highest BCUT2D eigenvalue weighted by molar-refractivity contribution is 5.31. The fourth-order valence-corrected chi connectivity index (χ4v) is 1.17. The number of methoxy groups -OCH3 is 1. The Bertz CT molecular complexity index is 315.